The third kappa shape index (κ3) is 6.46. The fraction of sp³-hybridized carbons (Fsp3) is 0.200. The predicted molar refractivity (Wildman–Crippen MR) is 95.6 cm³/mol. The summed E-state index contributed by atoms with van der Waals surface area (Å²) >= 11 is 6.85. The smallest absolute Gasteiger partial charge is 0.250 e. The molecule has 0 saturated heterocycles. The first kappa shape index (κ1) is 19.4. The maximum Gasteiger partial charge on any atom is 0.250 e. The van der Waals surface area contributed by atoms with Crippen LogP contribution in [-0.4, -0.2) is 26.8 Å². The Morgan fingerprint density at radius 1 is 1.04 bits per heavy atom. The molecule has 134 valence electrons. The minimum absolute atomic E-state index is 0.0703. The van der Waals surface area contributed by atoms with E-state index in [-0.39, 0.29) is 23.6 Å². The van der Waals surface area contributed by atoms with E-state index in [1.54, 1.807) is 35.7 Å². The topological polar surface area (TPSA) is 104 Å². The molecule has 3 N–H and O–H groups in total. The zero-order valence-corrected chi connectivity index (χ0v) is 15.4. The van der Waals surface area contributed by atoms with Crippen LogP contribution in [-0.2, 0) is 26.0 Å². The van der Waals surface area contributed by atoms with Crippen molar-refractivity contribution in [2.45, 2.75) is 17.1 Å². The molecule has 2 rings (SSSR count). The lowest BCUT2D eigenvalue weighted by atomic mass is 10.1. The zero-order valence-electron chi connectivity index (χ0n) is 13.0. The van der Waals surface area contributed by atoms with Crippen molar-refractivity contribution in [2.24, 2.45) is 0 Å². The quantitative estimate of drug-likeness (QED) is 0.611. The first-order valence-electron chi connectivity index (χ1n) is 7.22. The van der Waals surface area contributed by atoms with Crippen molar-refractivity contribution < 1.29 is 18.0 Å². The summed E-state index contributed by atoms with van der Waals surface area (Å²) in [5.74, 6) is -0.895. The Morgan fingerprint density at radius 3 is 2.36 bits per heavy atom. The second-order valence-electron chi connectivity index (χ2n) is 4.98. The van der Waals surface area contributed by atoms with Gasteiger partial charge in [-0.1, -0.05) is 29.8 Å². The number of carbonyl (C=O) groups excluding carboxylic acids is 2. The van der Waals surface area contributed by atoms with Gasteiger partial charge in [0.25, 0.3) is 0 Å². The molecule has 0 unspecified atom stereocenters. The molecule has 0 atom stereocenters. The zero-order chi connectivity index (χ0) is 18.3. The molecular weight excluding hydrogens is 386 g/mol. The standard InChI is InChI=1S/C15H16ClN3O4S2/c16-12-5-3-11(4-6-12)10-14(21)19-18-13(20)7-8-17-25(22,23)15-2-1-9-24-15/h1-6,9,17H,7-8,10H2,(H,18,20)(H,19,21). The van der Waals surface area contributed by atoms with Crippen molar-refractivity contribution in [3.8, 4) is 0 Å². The van der Waals surface area contributed by atoms with E-state index in [2.05, 4.69) is 15.6 Å². The molecule has 0 aliphatic rings. The second-order valence-corrected chi connectivity index (χ2v) is 8.36. The highest BCUT2D eigenvalue weighted by Crippen LogP contribution is 2.15. The molecule has 1 heterocycles. The van der Waals surface area contributed by atoms with Crippen molar-refractivity contribution in [1.82, 2.24) is 15.6 Å². The Labute approximate surface area is 154 Å². The molecular formula is C15H16ClN3O4S2. The van der Waals surface area contributed by atoms with Crippen molar-refractivity contribution in [3.05, 3.63) is 52.4 Å². The molecule has 0 aliphatic carbocycles. The van der Waals surface area contributed by atoms with E-state index in [1.165, 1.54) is 6.07 Å². The van der Waals surface area contributed by atoms with Crippen molar-refractivity contribution >= 4 is 44.8 Å². The summed E-state index contributed by atoms with van der Waals surface area (Å²) in [5, 5.41) is 2.22. The fourth-order valence-corrected chi connectivity index (χ4v) is 4.02. The second kappa shape index (κ2) is 8.95. The molecule has 1 aromatic heterocycles. The van der Waals surface area contributed by atoms with Crippen LogP contribution in [0.4, 0.5) is 0 Å². The van der Waals surface area contributed by atoms with Gasteiger partial charge in [-0.25, -0.2) is 13.1 Å². The highest BCUT2D eigenvalue weighted by molar-refractivity contribution is 7.91. The summed E-state index contributed by atoms with van der Waals surface area (Å²) in [6.07, 6.45) is -0.0196. The molecule has 1 aromatic carbocycles. The van der Waals surface area contributed by atoms with Crippen LogP contribution in [0.15, 0.2) is 46.0 Å². The number of carbonyl (C=O) groups is 2. The highest BCUT2D eigenvalue weighted by Gasteiger charge is 2.15. The summed E-state index contributed by atoms with van der Waals surface area (Å²) in [5.41, 5.74) is 5.26. The molecule has 10 heteroatoms. The third-order valence-corrected chi connectivity index (χ3v) is 6.13. The highest BCUT2D eigenvalue weighted by atomic mass is 35.5. The summed E-state index contributed by atoms with van der Waals surface area (Å²) in [7, 11) is -3.60. The van der Waals surface area contributed by atoms with Crippen LogP contribution < -0.4 is 15.6 Å². The number of thiophene rings is 1. The minimum Gasteiger partial charge on any atom is -0.273 e. The maximum atomic E-state index is 11.9. The summed E-state index contributed by atoms with van der Waals surface area (Å²) in [4.78, 5) is 23.4. The maximum absolute atomic E-state index is 11.9. The molecule has 0 spiro atoms. The lowest BCUT2D eigenvalue weighted by Gasteiger charge is -2.08. The Bertz CT molecular complexity index is 821. The van der Waals surface area contributed by atoms with Crippen molar-refractivity contribution in [2.75, 3.05) is 6.54 Å². The lowest BCUT2D eigenvalue weighted by molar-refractivity contribution is -0.128. The van der Waals surface area contributed by atoms with E-state index < -0.39 is 21.8 Å². The van der Waals surface area contributed by atoms with Gasteiger partial charge in [-0.15, -0.1) is 11.3 Å². The number of rotatable bonds is 7. The Morgan fingerprint density at radius 2 is 1.72 bits per heavy atom. The number of hydrogen-bond donors (Lipinski definition) is 3. The molecule has 0 fully saturated rings. The largest absolute Gasteiger partial charge is 0.273 e. The van der Waals surface area contributed by atoms with E-state index >= 15 is 0 Å². The van der Waals surface area contributed by atoms with Gasteiger partial charge >= 0.3 is 0 Å². The Balaban J connectivity index is 1.68. The number of nitrogens with one attached hydrogen (secondary N) is 3. The molecule has 7 nitrogen and oxygen atoms in total. The summed E-state index contributed by atoms with van der Waals surface area (Å²) in [6, 6.07) is 9.86. The van der Waals surface area contributed by atoms with Crippen molar-refractivity contribution in [1.29, 1.82) is 0 Å². The van der Waals surface area contributed by atoms with E-state index in [1.807, 2.05) is 0 Å². The van der Waals surface area contributed by atoms with E-state index in [0.717, 1.165) is 16.9 Å². The number of amides is 2. The summed E-state index contributed by atoms with van der Waals surface area (Å²) < 4.78 is 26.2. The van der Waals surface area contributed by atoms with Crippen LogP contribution in [0, 0.1) is 0 Å². The molecule has 2 amide bonds. The minimum atomic E-state index is -3.60. The van der Waals surface area contributed by atoms with Gasteiger partial charge in [0.1, 0.15) is 4.21 Å². The SMILES string of the molecule is O=C(CCNS(=O)(=O)c1cccs1)NNC(=O)Cc1ccc(Cl)cc1. The van der Waals surface area contributed by atoms with Crippen LogP contribution in [0.2, 0.25) is 5.02 Å². The Hall–Kier alpha value is -1.94. The molecule has 0 radical (unpaired) electrons. The monoisotopic (exact) mass is 401 g/mol. The van der Waals surface area contributed by atoms with Crippen LogP contribution in [0.25, 0.3) is 0 Å². The van der Waals surface area contributed by atoms with Gasteiger partial charge in [-0.05, 0) is 29.1 Å². The number of benzene rings is 1. The third-order valence-electron chi connectivity index (χ3n) is 3.02. The first-order valence-corrected chi connectivity index (χ1v) is 9.96. The lowest BCUT2D eigenvalue weighted by Crippen LogP contribution is -2.43. The summed E-state index contributed by atoms with van der Waals surface area (Å²) in [6.45, 7) is -0.0703. The van der Waals surface area contributed by atoms with Gasteiger partial charge in [0.05, 0.1) is 6.42 Å². The normalized spacial score (nSPS) is 11.1. The predicted octanol–water partition coefficient (Wildman–Crippen LogP) is 1.46. The van der Waals surface area contributed by atoms with Gasteiger partial charge in [0, 0.05) is 18.0 Å². The number of hydrazine groups is 1. The van der Waals surface area contributed by atoms with Crippen molar-refractivity contribution in [3.63, 3.8) is 0 Å². The fourth-order valence-electron chi connectivity index (χ4n) is 1.82. The van der Waals surface area contributed by atoms with Gasteiger partial charge in [-0.3, -0.25) is 20.4 Å². The van der Waals surface area contributed by atoms with Gasteiger partial charge in [-0.2, -0.15) is 0 Å². The van der Waals surface area contributed by atoms with Gasteiger partial charge < -0.3 is 0 Å². The number of sulfonamides is 1. The van der Waals surface area contributed by atoms with E-state index in [0.29, 0.717) is 5.02 Å². The van der Waals surface area contributed by atoms with E-state index in [4.69, 9.17) is 11.6 Å². The van der Waals surface area contributed by atoms with Crippen LogP contribution in [0.3, 0.4) is 0 Å². The number of hydrogen-bond acceptors (Lipinski definition) is 5. The van der Waals surface area contributed by atoms with E-state index in [9.17, 15) is 18.0 Å². The van der Waals surface area contributed by atoms with Gasteiger partial charge in [0.15, 0.2) is 0 Å². The average Bonchev–Trinajstić information content (AvgIpc) is 3.10. The number of halogens is 1. The van der Waals surface area contributed by atoms with Crippen LogP contribution in [0.1, 0.15) is 12.0 Å². The molecule has 25 heavy (non-hydrogen) atoms. The van der Waals surface area contributed by atoms with Crippen LogP contribution >= 0.6 is 22.9 Å². The van der Waals surface area contributed by atoms with Crippen LogP contribution in [0.5, 0.6) is 0 Å². The Kier molecular flexibility index (Phi) is 6.94. The molecule has 2 aromatic rings. The molecule has 0 bridgehead atoms. The first-order chi connectivity index (χ1) is 11.9. The van der Waals surface area contributed by atoms with Gasteiger partial charge in [0.2, 0.25) is 21.8 Å². The average molecular weight is 402 g/mol. The molecule has 0 saturated carbocycles. The molecule has 0 aliphatic heterocycles.